The first-order chi connectivity index (χ1) is 18.9. The molecule has 0 unspecified atom stereocenters. The van der Waals surface area contributed by atoms with E-state index in [4.69, 9.17) is 11.6 Å². The molecule has 3 aliphatic heterocycles. The van der Waals surface area contributed by atoms with Crippen LogP contribution in [0.25, 0.3) is 6.08 Å². The molecule has 0 bridgehead atoms. The van der Waals surface area contributed by atoms with E-state index < -0.39 is 35.0 Å². The van der Waals surface area contributed by atoms with E-state index in [9.17, 15) is 18.8 Å². The minimum Gasteiger partial charge on any atom is -0.352 e. The maximum absolute atomic E-state index is 14.5. The highest BCUT2D eigenvalue weighted by Gasteiger charge is 2.70. The highest BCUT2D eigenvalue weighted by Crippen LogP contribution is 2.58. The van der Waals surface area contributed by atoms with Crippen molar-refractivity contribution in [1.82, 2.24) is 0 Å². The van der Waals surface area contributed by atoms with Crippen LogP contribution in [0.2, 0.25) is 5.02 Å². The van der Waals surface area contributed by atoms with E-state index in [-0.39, 0.29) is 17.3 Å². The van der Waals surface area contributed by atoms with Crippen molar-refractivity contribution in [3.8, 4) is 0 Å². The predicted molar refractivity (Wildman–Crippen MR) is 150 cm³/mol. The lowest BCUT2D eigenvalue weighted by Gasteiger charge is -2.37. The number of hydrogen-bond acceptors (Lipinski definition) is 5. The first-order valence-electron chi connectivity index (χ1n) is 12.5. The number of thiophene rings is 1. The molecule has 1 spiro atoms. The van der Waals surface area contributed by atoms with Crippen molar-refractivity contribution in [3.63, 3.8) is 0 Å². The third kappa shape index (κ3) is 3.33. The summed E-state index contributed by atoms with van der Waals surface area (Å²) >= 11 is 7.61. The van der Waals surface area contributed by atoms with Crippen LogP contribution in [0, 0.1) is 11.7 Å². The average molecular weight is 555 g/mol. The Labute approximate surface area is 232 Å². The zero-order chi connectivity index (χ0) is 26.9. The van der Waals surface area contributed by atoms with Gasteiger partial charge in [0.1, 0.15) is 17.3 Å². The number of carbonyl (C=O) groups is 3. The number of amides is 1. The van der Waals surface area contributed by atoms with Crippen molar-refractivity contribution in [3.05, 3.63) is 123 Å². The van der Waals surface area contributed by atoms with Gasteiger partial charge in [0.15, 0.2) is 11.6 Å². The second-order valence-corrected chi connectivity index (χ2v) is 11.3. The molecule has 5 nitrogen and oxygen atoms in total. The number of rotatable bonds is 4. The molecule has 3 aromatic carbocycles. The minimum absolute atomic E-state index is 0.238. The van der Waals surface area contributed by atoms with E-state index >= 15 is 0 Å². The normalized spacial score (nSPS) is 24.3. The lowest BCUT2D eigenvalue weighted by atomic mass is 9.64. The summed E-state index contributed by atoms with van der Waals surface area (Å²) in [4.78, 5) is 45.5. The molecular weight excluding hydrogens is 535 g/mol. The second kappa shape index (κ2) is 8.73. The van der Waals surface area contributed by atoms with Gasteiger partial charge >= 0.3 is 0 Å². The molecule has 1 N–H and O–H groups in total. The van der Waals surface area contributed by atoms with Gasteiger partial charge in [-0.15, -0.1) is 11.3 Å². The Hall–Kier alpha value is -4.07. The van der Waals surface area contributed by atoms with E-state index in [0.717, 1.165) is 5.56 Å². The van der Waals surface area contributed by atoms with Gasteiger partial charge in [0.2, 0.25) is 5.91 Å². The van der Waals surface area contributed by atoms with Crippen LogP contribution in [0.3, 0.4) is 0 Å². The predicted octanol–water partition coefficient (Wildman–Crippen LogP) is 6.40. The molecular formula is C31H20ClFN2O3S. The second-order valence-electron chi connectivity index (χ2n) is 9.92. The first-order valence-corrected chi connectivity index (χ1v) is 13.7. The van der Waals surface area contributed by atoms with Crippen molar-refractivity contribution >= 4 is 57.9 Å². The molecule has 1 amide bonds. The van der Waals surface area contributed by atoms with E-state index in [0.29, 0.717) is 26.8 Å². The van der Waals surface area contributed by atoms with E-state index in [1.807, 2.05) is 46.7 Å². The third-order valence-corrected chi connectivity index (χ3v) is 9.16. The Morgan fingerprint density at radius 2 is 1.77 bits per heavy atom. The molecule has 0 aliphatic carbocycles. The molecule has 0 saturated carbocycles. The van der Waals surface area contributed by atoms with Crippen LogP contribution in [0.4, 0.5) is 15.8 Å². The number of halogens is 2. The molecule has 8 heteroatoms. The van der Waals surface area contributed by atoms with Gasteiger partial charge in [-0.2, -0.15) is 0 Å². The summed E-state index contributed by atoms with van der Waals surface area (Å²) in [5.74, 6) is -2.56. The molecule has 192 valence electrons. The minimum atomic E-state index is -1.41. The number of anilines is 2. The maximum Gasteiger partial charge on any atom is 0.238 e. The Bertz CT molecular complexity index is 1700. The summed E-state index contributed by atoms with van der Waals surface area (Å²) in [6.45, 7) is 0. The number of carbonyl (C=O) groups excluding carboxylic acids is 3. The molecule has 3 aliphatic rings. The van der Waals surface area contributed by atoms with Gasteiger partial charge in [-0.1, -0.05) is 48.0 Å². The van der Waals surface area contributed by atoms with Crippen LogP contribution in [-0.4, -0.2) is 29.6 Å². The first kappa shape index (κ1) is 24.0. The van der Waals surface area contributed by atoms with Gasteiger partial charge in [0.05, 0.1) is 16.8 Å². The fourth-order valence-electron chi connectivity index (χ4n) is 6.51. The Morgan fingerprint density at radius 1 is 0.974 bits per heavy atom. The van der Waals surface area contributed by atoms with Crippen molar-refractivity contribution in [2.45, 2.75) is 17.5 Å². The quantitative estimate of drug-likeness (QED) is 0.297. The number of fused-ring (bicyclic) bond motifs is 6. The Balaban J connectivity index is 1.54. The molecule has 7 rings (SSSR count). The average Bonchev–Trinajstić information content (AvgIpc) is 3.65. The van der Waals surface area contributed by atoms with Crippen LogP contribution in [-0.2, 0) is 10.2 Å². The third-order valence-electron chi connectivity index (χ3n) is 8.04. The number of nitrogens with one attached hydrogen (secondary N) is 1. The van der Waals surface area contributed by atoms with Crippen LogP contribution >= 0.6 is 22.9 Å². The SMILES string of the molecule is O=C(c1cccs1)[C@@H]1[C@H](C(=O)c2ccc(F)cc2)[C@@]2(C(=O)Nc3ccccc32)[C@@H]2C=Cc3cc(Cl)ccc3N12. The topological polar surface area (TPSA) is 66.5 Å². The number of para-hydroxylation sites is 1. The number of hydrogen-bond donors (Lipinski definition) is 1. The smallest absolute Gasteiger partial charge is 0.238 e. The molecule has 1 saturated heterocycles. The monoisotopic (exact) mass is 554 g/mol. The van der Waals surface area contributed by atoms with Crippen LogP contribution in [0.5, 0.6) is 0 Å². The lowest BCUT2D eigenvalue weighted by molar-refractivity contribution is -0.121. The van der Waals surface area contributed by atoms with Crippen LogP contribution in [0.15, 0.2) is 90.3 Å². The highest BCUT2D eigenvalue weighted by atomic mass is 35.5. The summed E-state index contributed by atoms with van der Waals surface area (Å²) in [6.07, 6.45) is 3.79. The van der Waals surface area contributed by atoms with Crippen molar-refractivity contribution in [2.75, 3.05) is 10.2 Å². The summed E-state index contributed by atoms with van der Waals surface area (Å²) < 4.78 is 13.9. The number of nitrogens with zero attached hydrogens (tertiary/aromatic N) is 1. The van der Waals surface area contributed by atoms with Crippen molar-refractivity contribution in [1.29, 1.82) is 0 Å². The van der Waals surface area contributed by atoms with Gasteiger partial charge in [0.25, 0.3) is 0 Å². The number of Topliss-reactive ketones (excluding diaryl/α,β-unsaturated/α-hetero) is 2. The molecule has 4 atom stereocenters. The molecule has 4 heterocycles. The van der Waals surface area contributed by atoms with E-state index in [1.54, 1.807) is 30.3 Å². The van der Waals surface area contributed by atoms with Gasteiger partial charge in [-0.05, 0) is 71.1 Å². The maximum atomic E-state index is 14.5. The van der Waals surface area contributed by atoms with Crippen molar-refractivity contribution in [2.24, 2.45) is 5.92 Å². The number of ketones is 2. The standard InChI is InChI=1S/C31H20ClFN2O3S/c32-19-10-13-23-18(16-19)9-14-25-31(21-4-1-2-5-22(21)34-30(31)38)26(28(36)17-7-11-20(33)12-8-17)27(35(23)25)29(37)24-6-3-15-39-24/h1-16,25-27H,(H,34,38)/t25-,26+,27-,31-/m0/s1. The summed E-state index contributed by atoms with van der Waals surface area (Å²) in [6, 6.07) is 19.8. The molecule has 4 aromatic rings. The Morgan fingerprint density at radius 3 is 2.54 bits per heavy atom. The van der Waals surface area contributed by atoms with E-state index in [2.05, 4.69) is 5.32 Å². The molecule has 0 radical (unpaired) electrons. The van der Waals surface area contributed by atoms with Gasteiger partial charge in [-0.3, -0.25) is 14.4 Å². The molecule has 1 fully saturated rings. The highest BCUT2D eigenvalue weighted by molar-refractivity contribution is 7.12. The van der Waals surface area contributed by atoms with Crippen molar-refractivity contribution < 1.29 is 18.8 Å². The Kier molecular flexibility index (Phi) is 5.37. The van der Waals surface area contributed by atoms with E-state index in [1.165, 1.54) is 35.6 Å². The molecule has 39 heavy (non-hydrogen) atoms. The van der Waals surface area contributed by atoms with Gasteiger partial charge in [-0.25, -0.2) is 4.39 Å². The number of benzene rings is 3. The fraction of sp³-hybridized carbons (Fsp3) is 0.129. The molecule has 1 aromatic heterocycles. The van der Waals surface area contributed by atoms with Crippen LogP contribution < -0.4 is 10.2 Å². The summed E-state index contributed by atoms with van der Waals surface area (Å²) in [5, 5.41) is 5.34. The summed E-state index contributed by atoms with van der Waals surface area (Å²) in [5.41, 5.74) is 1.61. The zero-order valence-corrected chi connectivity index (χ0v) is 21.9. The zero-order valence-electron chi connectivity index (χ0n) is 20.3. The van der Waals surface area contributed by atoms with Crippen LogP contribution in [0.1, 0.15) is 31.2 Å². The lowest BCUT2D eigenvalue weighted by Crippen LogP contribution is -2.51. The van der Waals surface area contributed by atoms with Gasteiger partial charge in [0, 0.05) is 22.0 Å². The largest absolute Gasteiger partial charge is 0.352 e. The fourth-order valence-corrected chi connectivity index (χ4v) is 7.39. The summed E-state index contributed by atoms with van der Waals surface area (Å²) in [7, 11) is 0. The van der Waals surface area contributed by atoms with Gasteiger partial charge < -0.3 is 10.2 Å².